The monoisotopic (exact) mass is 245 g/mol. The molecule has 0 amide bonds. The number of hydrogen-bond donors (Lipinski definition) is 1. The standard InChI is InChI=1S/C15H23N3/c1-2-13(16)9-12-4-3-7-17-15(12)18-10-11-5-6-14(18)8-11/h3-4,7,11,13-14H,2,5-6,8-10,16H2,1H3. The van der Waals surface area contributed by atoms with Crippen molar-refractivity contribution in [2.24, 2.45) is 11.7 Å². The van der Waals surface area contributed by atoms with E-state index in [9.17, 15) is 0 Å². The lowest BCUT2D eigenvalue weighted by Crippen LogP contribution is -2.34. The molecule has 3 heteroatoms. The molecular formula is C15H23N3. The SMILES string of the molecule is CCC(N)Cc1cccnc1N1CC2CCC1C2. The maximum Gasteiger partial charge on any atom is 0.132 e. The van der Waals surface area contributed by atoms with Crippen molar-refractivity contribution in [3.8, 4) is 0 Å². The molecule has 2 aliphatic rings. The van der Waals surface area contributed by atoms with Gasteiger partial charge in [0, 0.05) is 24.8 Å². The van der Waals surface area contributed by atoms with E-state index in [4.69, 9.17) is 5.73 Å². The molecule has 0 radical (unpaired) electrons. The van der Waals surface area contributed by atoms with Gasteiger partial charge in [-0.2, -0.15) is 0 Å². The quantitative estimate of drug-likeness (QED) is 0.885. The van der Waals surface area contributed by atoms with E-state index in [1.165, 1.54) is 37.2 Å². The van der Waals surface area contributed by atoms with Crippen LogP contribution in [-0.2, 0) is 6.42 Å². The Kier molecular flexibility index (Phi) is 3.25. The molecule has 3 rings (SSSR count). The zero-order valence-electron chi connectivity index (χ0n) is 11.2. The molecule has 3 atom stereocenters. The first kappa shape index (κ1) is 12.0. The summed E-state index contributed by atoms with van der Waals surface area (Å²) in [6.45, 7) is 3.36. The van der Waals surface area contributed by atoms with Crippen LogP contribution in [-0.4, -0.2) is 23.6 Å². The van der Waals surface area contributed by atoms with E-state index in [-0.39, 0.29) is 6.04 Å². The number of rotatable bonds is 4. The smallest absolute Gasteiger partial charge is 0.132 e. The van der Waals surface area contributed by atoms with Crippen LogP contribution in [0, 0.1) is 5.92 Å². The van der Waals surface area contributed by atoms with Gasteiger partial charge >= 0.3 is 0 Å². The molecule has 3 nitrogen and oxygen atoms in total. The van der Waals surface area contributed by atoms with Gasteiger partial charge in [-0.3, -0.25) is 0 Å². The Morgan fingerprint density at radius 3 is 3.06 bits per heavy atom. The molecule has 1 aromatic rings. The van der Waals surface area contributed by atoms with E-state index in [0.717, 1.165) is 24.8 Å². The van der Waals surface area contributed by atoms with Gasteiger partial charge in [0.05, 0.1) is 0 Å². The topological polar surface area (TPSA) is 42.1 Å². The van der Waals surface area contributed by atoms with Gasteiger partial charge in [0.15, 0.2) is 0 Å². The summed E-state index contributed by atoms with van der Waals surface area (Å²) in [4.78, 5) is 7.17. The van der Waals surface area contributed by atoms with Crippen LogP contribution in [0.25, 0.3) is 0 Å². The largest absolute Gasteiger partial charge is 0.353 e. The average Bonchev–Trinajstić information content (AvgIpc) is 3.01. The molecule has 1 saturated heterocycles. The molecule has 3 unspecified atom stereocenters. The molecule has 1 aliphatic carbocycles. The highest BCUT2D eigenvalue weighted by molar-refractivity contribution is 5.50. The van der Waals surface area contributed by atoms with Crippen molar-refractivity contribution in [2.45, 2.75) is 51.1 Å². The fourth-order valence-electron chi connectivity index (χ4n) is 3.46. The lowest BCUT2D eigenvalue weighted by atomic mass is 10.0. The Morgan fingerprint density at radius 2 is 2.39 bits per heavy atom. The molecule has 2 bridgehead atoms. The average molecular weight is 245 g/mol. The van der Waals surface area contributed by atoms with Crippen LogP contribution in [0.5, 0.6) is 0 Å². The van der Waals surface area contributed by atoms with E-state index in [1.807, 2.05) is 12.3 Å². The van der Waals surface area contributed by atoms with Crippen molar-refractivity contribution in [2.75, 3.05) is 11.4 Å². The summed E-state index contributed by atoms with van der Waals surface area (Å²) < 4.78 is 0. The number of nitrogens with two attached hydrogens (primary N) is 1. The fraction of sp³-hybridized carbons (Fsp3) is 0.667. The second-order valence-electron chi connectivity index (χ2n) is 5.84. The minimum Gasteiger partial charge on any atom is -0.353 e. The van der Waals surface area contributed by atoms with Crippen LogP contribution in [0.1, 0.15) is 38.2 Å². The molecular weight excluding hydrogens is 222 g/mol. The van der Waals surface area contributed by atoms with Crippen molar-refractivity contribution in [1.82, 2.24) is 4.98 Å². The van der Waals surface area contributed by atoms with Gasteiger partial charge < -0.3 is 10.6 Å². The van der Waals surface area contributed by atoms with Crippen molar-refractivity contribution >= 4 is 5.82 Å². The zero-order chi connectivity index (χ0) is 12.5. The summed E-state index contributed by atoms with van der Waals surface area (Å²) in [5.74, 6) is 2.11. The maximum atomic E-state index is 6.10. The number of piperidine rings is 1. The molecule has 1 aliphatic heterocycles. The van der Waals surface area contributed by atoms with Gasteiger partial charge in [-0.05, 0) is 49.7 Å². The number of pyridine rings is 1. The van der Waals surface area contributed by atoms with Crippen molar-refractivity contribution < 1.29 is 0 Å². The van der Waals surface area contributed by atoms with E-state index in [2.05, 4.69) is 22.9 Å². The number of fused-ring (bicyclic) bond motifs is 2. The first-order valence-electron chi connectivity index (χ1n) is 7.24. The van der Waals surface area contributed by atoms with E-state index in [1.54, 1.807) is 0 Å². The number of nitrogens with zero attached hydrogens (tertiary/aromatic N) is 2. The maximum absolute atomic E-state index is 6.10. The summed E-state index contributed by atoms with van der Waals surface area (Å²) >= 11 is 0. The molecule has 0 spiro atoms. The van der Waals surface area contributed by atoms with Gasteiger partial charge in [0.25, 0.3) is 0 Å². The van der Waals surface area contributed by atoms with Crippen molar-refractivity contribution in [3.63, 3.8) is 0 Å². The van der Waals surface area contributed by atoms with Crippen LogP contribution in [0.15, 0.2) is 18.3 Å². The van der Waals surface area contributed by atoms with Crippen molar-refractivity contribution in [3.05, 3.63) is 23.9 Å². The number of hydrogen-bond acceptors (Lipinski definition) is 3. The Labute approximate surface area is 109 Å². The molecule has 2 N–H and O–H groups in total. The normalized spacial score (nSPS) is 27.8. The lowest BCUT2D eigenvalue weighted by molar-refractivity contribution is 0.547. The van der Waals surface area contributed by atoms with E-state index in [0.29, 0.717) is 0 Å². The summed E-state index contributed by atoms with van der Waals surface area (Å²) in [6.07, 6.45) is 8.03. The minimum atomic E-state index is 0.257. The Balaban J connectivity index is 1.83. The van der Waals surface area contributed by atoms with Crippen LogP contribution in [0.3, 0.4) is 0 Å². The lowest BCUT2D eigenvalue weighted by Gasteiger charge is -2.30. The summed E-state index contributed by atoms with van der Waals surface area (Å²) in [7, 11) is 0. The minimum absolute atomic E-state index is 0.257. The Morgan fingerprint density at radius 1 is 1.50 bits per heavy atom. The van der Waals surface area contributed by atoms with Gasteiger partial charge in [0.1, 0.15) is 5.82 Å². The highest BCUT2D eigenvalue weighted by Crippen LogP contribution is 2.40. The third-order valence-corrected chi connectivity index (χ3v) is 4.56. The zero-order valence-corrected chi connectivity index (χ0v) is 11.2. The van der Waals surface area contributed by atoms with Gasteiger partial charge in [-0.25, -0.2) is 4.98 Å². The number of aromatic nitrogens is 1. The van der Waals surface area contributed by atoms with Gasteiger partial charge in [-0.15, -0.1) is 0 Å². The first-order chi connectivity index (χ1) is 8.78. The third kappa shape index (κ3) is 2.12. The summed E-state index contributed by atoms with van der Waals surface area (Å²) in [6, 6.07) is 5.23. The second kappa shape index (κ2) is 4.88. The van der Waals surface area contributed by atoms with Crippen molar-refractivity contribution in [1.29, 1.82) is 0 Å². The highest BCUT2D eigenvalue weighted by atomic mass is 15.2. The first-order valence-corrected chi connectivity index (χ1v) is 7.24. The summed E-state index contributed by atoms with van der Waals surface area (Å²) in [5, 5.41) is 0. The van der Waals surface area contributed by atoms with E-state index < -0.39 is 0 Å². The van der Waals surface area contributed by atoms with Crippen LogP contribution in [0.4, 0.5) is 5.82 Å². The second-order valence-corrected chi connectivity index (χ2v) is 5.84. The molecule has 18 heavy (non-hydrogen) atoms. The molecule has 98 valence electrons. The molecule has 1 aromatic heterocycles. The van der Waals surface area contributed by atoms with Crippen LogP contribution in [0.2, 0.25) is 0 Å². The molecule has 2 fully saturated rings. The highest BCUT2D eigenvalue weighted by Gasteiger charge is 2.38. The van der Waals surface area contributed by atoms with Crippen LogP contribution >= 0.6 is 0 Å². The predicted molar refractivity (Wildman–Crippen MR) is 74.7 cm³/mol. The van der Waals surface area contributed by atoms with Gasteiger partial charge in [-0.1, -0.05) is 13.0 Å². The number of anilines is 1. The van der Waals surface area contributed by atoms with E-state index >= 15 is 0 Å². The summed E-state index contributed by atoms with van der Waals surface area (Å²) in [5.41, 5.74) is 7.43. The Bertz CT molecular complexity index is 418. The Hall–Kier alpha value is -1.09. The fourth-order valence-corrected chi connectivity index (χ4v) is 3.46. The third-order valence-electron chi connectivity index (χ3n) is 4.56. The van der Waals surface area contributed by atoms with Gasteiger partial charge in [0.2, 0.25) is 0 Å². The predicted octanol–water partition coefficient (Wildman–Crippen LogP) is 2.35. The molecule has 0 aromatic carbocycles. The molecule has 1 saturated carbocycles. The molecule has 2 heterocycles. The van der Waals surface area contributed by atoms with Crippen LogP contribution < -0.4 is 10.6 Å².